The quantitative estimate of drug-likeness (QED) is 0.734. The second-order valence-corrected chi connectivity index (χ2v) is 3.62. The summed E-state index contributed by atoms with van der Waals surface area (Å²) in [7, 11) is 7.61. The van der Waals surface area contributed by atoms with Crippen molar-refractivity contribution in [2.75, 3.05) is 13.6 Å². The Morgan fingerprint density at radius 3 is 2.87 bits per heavy atom. The Labute approximate surface area is 91.1 Å². The smallest absolute Gasteiger partial charge is 0.141 e. The minimum absolute atomic E-state index is 0.577. The fourth-order valence-electron chi connectivity index (χ4n) is 1.60. The van der Waals surface area contributed by atoms with Crippen molar-refractivity contribution in [3.05, 3.63) is 35.9 Å². The van der Waals surface area contributed by atoms with Gasteiger partial charge in [-0.25, -0.2) is 0 Å². The summed E-state index contributed by atoms with van der Waals surface area (Å²) in [6.45, 7) is 0.980. The summed E-state index contributed by atoms with van der Waals surface area (Å²) in [5, 5.41) is 4.27. The molecule has 0 saturated heterocycles. The number of fused-ring (bicyclic) bond motifs is 1. The molecule has 2 nitrogen and oxygen atoms in total. The van der Waals surface area contributed by atoms with Gasteiger partial charge in [-0.2, -0.15) is 0 Å². The molecule has 15 heavy (non-hydrogen) atoms. The Bertz CT molecular complexity index is 468. The van der Waals surface area contributed by atoms with Gasteiger partial charge < -0.3 is 5.32 Å². The third-order valence-corrected chi connectivity index (χ3v) is 2.44. The van der Waals surface area contributed by atoms with E-state index in [0.29, 0.717) is 5.59 Å². The Balaban J connectivity index is 2.36. The van der Waals surface area contributed by atoms with Gasteiger partial charge in [0, 0.05) is 5.39 Å². The first kappa shape index (κ1) is 10.2. The van der Waals surface area contributed by atoms with E-state index in [1.54, 1.807) is 0 Å². The van der Waals surface area contributed by atoms with Gasteiger partial charge in [-0.1, -0.05) is 24.3 Å². The first-order valence-electron chi connectivity index (χ1n) is 5.09. The minimum atomic E-state index is 0.577. The first-order valence-corrected chi connectivity index (χ1v) is 5.09. The number of hydrogen-bond donors (Lipinski definition) is 1. The predicted octanol–water partition coefficient (Wildman–Crippen LogP) is 0.790. The van der Waals surface area contributed by atoms with Gasteiger partial charge in [0.25, 0.3) is 0 Å². The highest BCUT2D eigenvalue weighted by molar-refractivity contribution is 6.31. The van der Waals surface area contributed by atoms with Gasteiger partial charge in [0.1, 0.15) is 7.85 Å². The topological polar surface area (TPSA) is 24.9 Å². The molecule has 0 amide bonds. The standard InChI is InChI=1S/C12H13BN2/c1-14-7-6-9-2-3-10-4-5-12(13)15-11(10)8-9/h2-5,8,14H,6-7H2,1H3. The monoisotopic (exact) mass is 196 g/mol. The second kappa shape index (κ2) is 4.45. The first-order chi connectivity index (χ1) is 7.29. The highest BCUT2D eigenvalue weighted by atomic mass is 14.8. The van der Waals surface area contributed by atoms with E-state index in [0.717, 1.165) is 23.9 Å². The van der Waals surface area contributed by atoms with Crippen LogP contribution in [0.2, 0.25) is 0 Å². The average Bonchev–Trinajstić information content (AvgIpc) is 2.25. The van der Waals surface area contributed by atoms with E-state index in [2.05, 4.69) is 28.5 Å². The van der Waals surface area contributed by atoms with Crippen LogP contribution in [0.1, 0.15) is 5.56 Å². The van der Waals surface area contributed by atoms with Gasteiger partial charge in [-0.3, -0.25) is 4.98 Å². The number of nitrogens with one attached hydrogen (secondary N) is 1. The Morgan fingerprint density at radius 1 is 1.27 bits per heavy atom. The van der Waals surface area contributed by atoms with Gasteiger partial charge in [-0.05, 0) is 37.2 Å². The molecule has 2 radical (unpaired) electrons. The van der Waals surface area contributed by atoms with E-state index in [-0.39, 0.29) is 0 Å². The predicted molar refractivity (Wildman–Crippen MR) is 64.8 cm³/mol. The fourth-order valence-corrected chi connectivity index (χ4v) is 1.60. The molecule has 0 aliphatic carbocycles. The van der Waals surface area contributed by atoms with Crippen LogP contribution in [-0.4, -0.2) is 26.4 Å². The van der Waals surface area contributed by atoms with E-state index >= 15 is 0 Å². The van der Waals surface area contributed by atoms with Crippen LogP contribution in [0.25, 0.3) is 10.9 Å². The summed E-state index contributed by atoms with van der Waals surface area (Å²) in [5.41, 5.74) is 2.84. The van der Waals surface area contributed by atoms with Gasteiger partial charge in [0.2, 0.25) is 0 Å². The Morgan fingerprint density at radius 2 is 2.07 bits per heavy atom. The van der Waals surface area contributed by atoms with Crippen LogP contribution in [0, 0.1) is 0 Å². The lowest BCUT2D eigenvalue weighted by molar-refractivity contribution is 0.792. The summed E-state index contributed by atoms with van der Waals surface area (Å²) < 4.78 is 0. The van der Waals surface area contributed by atoms with Crippen molar-refractivity contribution in [3.8, 4) is 0 Å². The molecule has 3 heteroatoms. The molecule has 1 heterocycles. The zero-order valence-electron chi connectivity index (χ0n) is 8.83. The van der Waals surface area contributed by atoms with E-state index in [1.807, 2.05) is 19.2 Å². The van der Waals surface area contributed by atoms with Crippen molar-refractivity contribution in [1.82, 2.24) is 10.3 Å². The zero-order chi connectivity index (χ0) is 10.7. The maximum atomic E-state index is 5.65. The number of benzene rings is 1. The number of pyridine rings is 1. The van der Waals surface area contributed by atoms with E-state index in [1.165, 1.54) is 5.56 Å². The number of nitrogens with zero attached hydrogens (tertiary/aromatic N) is 1. The molecule has 1 aromatic heterocycles. The number of hydrogen-bond acceptors (Lipinski definition) is 2. The normalized spacial score (nSPS) is 10.7. The van der Waals surface area contributed by atoms with Crippen LogP contribution in [0.5, 0.6) is 0 Å². The molecule has 0 atom stereocenters. The third kappa shape index (κ3) is 2.36. The van der Waals surface area contributed by atoms with Gasteiger partial charge >= 0.3 is 0 Å². The van der Waals surface area contributed by atoms with Crippen LogP contribution < -0.4 is 10.9 Å². The van der Waals surface area contributed by atoms with E-state index in [4.69, 9.17) is 7.85 Å². The van der Waals surface area contributed by atoms with Crippen LogP contribution in [0.4, 0.5) is 0 Å². The SMILES string of the molecule is [B]c1ccc2ccc(CCNC)cc2n1. The Kier molecular flexibility index (Phi) is 3.02. The largest absolute Gasteiger partial charge is 0.319 e. The van der Waals surface area contributed by atoms with E-state index < -0.39 is 0 Å². The second-order valence-electron chi connectivity index (χ2n) is 3.62. The molecule has 0 bridgehead atoms. The lowest BCUT2D eigenvalue weighted by atomic mass is 10.0. The number of aromatic nitrogens is 1. The van der Waals surface area contributed by atoms with Crippen molar-refractivity contribution < 1.29 is 0 Å². The minimum Gasteiger partial charge on any atom is -0.319 e. The molecule has 1 aromatic carbocycles. The van der Waals surface area contributed by atoms with Crippen molar-refractivity contribution in [2.24, 2.45) is 0 Å². The average molecular weight is 196 g/mol. The summed E-state index contributed by atoms with van der Waals surface area (Å²) in [4.78, 5) is 4.30. The van der Waals surface area contributed by atoms with Crippen molar-refractivity contribution in [1.29, 1.82) is 0 Å². The molecule has 0 saturated carbocycles. The number of rotatable bonds is 3. The summed E-state index contributed by atoms with van der Waals surface area (Å²) in [6.07, 6.45) is 1.02. The summed E-state index contributed by atoms with van der Waals surface area (Å²) in [6, 6.07) is 10.2. The zero-order valence-corrected chi connectivity index (χ0v) is 8.83. The lowest BCUT2D eigenvalue weighted by Crippen LogP contribution is -2.10. The van der Waals surface area contributed by atoms with Gasteiger partial charge in [0.05, 0.1) is 5.52 Å². The fraction of sp³-hybridized carbons (Fsp3) is 0.250. The van der Waals surface area contributed by atoms with Crippen LogP contribution >= 0.6 is 0 Å². The number of likely N-dealkylation sites (N-methyl/N-ethyl adjacent to an activating group) is 1. The summed E-state index contributed by atoms with van der Waals surface area (Å²) >= 11 is 0. The maximum absolute atomic E-state index is 5.65. The molecule has 74 valence electrons. The highest BCUT2D eigenvalue weighted by Gasteiger charge is 1.97. The van der Waals surface area contributed by atoms with E-state index in [9.17, 15) is 0 Å². The van der Waals surface area contributed by atoms with Crippen LogP contribution in [0.15, 0.2) is 30.3 Å². The van der Waals surface area contributed by atoms with Crippen LogP contribution in [0.3, 0.4) is 0 Å². The van der Waals surface area contributed by atoms with Crippen molar-refractivity contribution in [3.63, 3.8) is 0 Å². The maximum Gasteiger partial charge on any atom is 0.141 e. The van der Waals surface area contributed by atoms with Crippen molar-refractivity contribution >= 4 is 24.3 Å². The molecule has 0 fully saturated rings. The van der Waals surface area contributed by atoms with Gasteiger partial charge in [-0.15, -0.1) is 0 Å². The highest BCUT2D eigenvalue weighted by Crippen LogP contribution is 2.12. The molecule has 0 spiro atoms. The molecular formula is C12H13BN2. The lowest BCUT2D eigenvalue weighted by Gasteiger charge is -2.03. The van der Waals surface area contributed by atoms with Crippen LogP contribution in [-0.2, 0) is 6.42 Å². The molecule has 2 rings (SSSR count). The summed E-state index contributed by atoms with van der Waals surface area (Å²) in [5.74, 6) is 0. The third-order valence-electron chi connectivity index (χ3n) is 2.44. The molecule has 2 aromatic rings. The molecule has 0 unspecified atom stereocenters. The van der Waals surface area contributed by atoms with Crippen molar-refractivity contribution in [2.45, 2.75) is 6.42 Å². The molecule has 1 N–H and O–H groups in total. The Hall–Kier alpha value is -1.35. The van der Waals surface area contributed by atoms with Gasteiger partial charge in [0.15, 0.2) is 0 Å². The molecule has 0 aliphatic rings. The molecule has 0 aliphatic heterocycles. The molecular weight excluding hydrogens is 183 g/mol.